The number of nitrogens with one attached hydrogen (secondary N) is 2. The van der Waals surface area contributed by atoms with E-state index in [1.165, 1.54) is 12.3 Å². The second-order valence-electron chi connectivity index (χ2n) is 7.13. The van der Waals surface area contributed by atoms with Crippen LogP contribution in [0.5, 0.6) is 0 Å². The van der Waals surface area contributed by atoms with Crippen LogP contribution < -0.4 is 4.72 Å². The number of sulfonamides is 1. The van der Waals surface area contributed by atoms with Gasteiger partial charge in [-0.15, -0.1) is 0 Å². The fourth-order valence-corrected chi connectivity index (χ4v) is 4.28. The van der Waals surface area contributed by atoms with Gasteiger partial charge in [0.2, 0.25) is 15.9 Å². The molecule has 0 aliphatic carbocycles. The van der Waals surface area contributed by atoms with E-state index in [2.05, 4.69) is 9.71 Å². The third kappa shape index (κ3) is 5.45. The van der Waals surface area contributed by atoms with Gasteiger partial charge in [0.25, 0.3) is 5.91 Å². The second kappa shape index (κ2) is 9.23. The third-order valence-electron chi connectivity index (χ3n) is 4.91. The Morgan fingerprint density at radius 2 is 1.86 bits per heavy atom. The Hall–Kier alpha value is -2.65. The Bertz CT molecular complexity index is 950. The lowest BCUT2D eigenvalue weighted by atomic mass is 10.2. The molecule has 0 bridgehead atoms. The van der Waals surface area contributed by atoms with E-state index in [0.717, 1.165) is 18.4 Å². The Labute approximate surface area is 170 Å². The molecule has 156 valence electrons. The van der Waals surface area contributed by atoms with Crippen LogP contribution in [0.1, 0.15) is 35.3 Å². The van der Waals surface area contributed by atoms with E-state index in [1.807, 2.05) is 30.3 Å². The van der Waals surface area contributed by atoms with Crippen LogP contribution in [-0.4, -0.2) is 61.7 Å². The number of benzene rings is 1. The number of nitrogens with zero attached hydrogens (tertiary/aromatic N) is 2. The Morgan fingerprint density at radius 3 is 2.55 bits per heavy atom. The molecular formula is C20H26N4O4S. The standard InChI is InChI=1S/C20H26N4O4S/c1-23(15-16-7-3-2-4-8-16)19(25)9-10-22-29(27,28)17-13-18(21-14-17)20(26)24-11-5-6-12-24/h2-4,7-8,13-14,21-22H,5-6,9-12,15H2,1H3. The molecule has 1 aromatic carbocycles. The summed E-state index contributed by atoms with van der Waals surface area (Å²) in [5.74, 6) is -0.350. The van der Waals surface area contributed by atoms with Crippen molar-refractivity contribution in [1.29, 1.82) is 0 Å². The number of likely N-dealkylation sites (tertiary alicyclic amines) is 1. The average molecular weight is 419 g/mol. The van der Waals surface area contributed by atoms with Crippen LogP contribution in [0.2, 0.25) is 0 Å². The Kier molecular flexibility index (Phi) is 6.71. The molecule has 0 atom stereocenters. The minimum absolute atomic E-state index is 0.00913. The van der Waals surface area contributed by atoms with Crippen molar-refractivity contribution < 1.29 is 18.0 Å². The maximum Gasteiger partial charge on any atom is 0.270 e. The normalized spacial score (nSPS) is 14.2. The lowest BCUT2D eigenvalue weighted by molar-refractivity contribution is -0.130. The predicted molar refractivity (Wildman–Crippen MR) is 109 cm³/mol. The van der Waals surface area contributed by atoms with Crippen molar-refractivity contribution in [3.8, 4) is 0 Å². The molecule has 3 rings (SSSR count). The molecule has 2 aromatic rings. The molecule has 8 nitrogen and oxygen atoms in total. The number of hydrogen-bond donors (Lipinski definition) is 2. The van der Waals surface area contributed by atoms with Crippen LogP contribution in [0.3, 0.4) is 0 Å². The van der Waals surface area contributed by atoms with Gasteiger partial charge in [0.05, 0.1) is 0 Å². The smallest absolute Gasteiger partial charge is 0.270 e. The molecule has 0 spiro atoms. The van der Waals surface area contributed by atoms with Gasteiger partial charge in [-0.25, -0.2) is 13.1 Å². The van der Waals surface area contributed by atoms with Gasteiger partial charge in [-0.05, 0) is 24.5 Å². The van der Waals surface area contributed by atoms with Crippen molar-refractivity contribution in [2.75, 3.05) is 26.7 Å². The number of carbonyl (C=O) groups is 2. The van der Waals surface area contributed by atoms with E-state index < -0.39 is 10.0 Å². The fourth-order valence-electron chi connectivity index (χ4n) is 3.26. The Morgan fingerprint density at radius 1 is 1.17 bits per heavy atom. The zero-order valence-electron chi connectivity index (χ0n) is 16.4. The molecule has 0 radical (unpaired) electrons. The number of aromatic amines is 1. The van der Waals surface area contributed by atoms with Crippen molar-refractivity contribution in [3.63, 3.8) is 0 Å². The van der Waals surface area contributed by atoms with Crippen LogP contribution in [0.25, 0.3) is 0 Å². The van der Waals surface area contributed by atoms with E-state index >= 15 is 0 Å². The highest BCUT2D eigenvalue weighted by Crippen LogP contribution is 2.16. The molecule has 1 saturated heterocycles. The average Bonchev–Trinajstić information content (AvgIpc) is 3.40. The molecule has 0 unspecified atom stereocenters. The van der Waals surface area contributed by atoms with E-state index in [1.54, 1.807) is 16.8 Å². The first kappa shape index (κ1) is 21.1. The maximum absolute atomic E-state index is 12.5. The van der Waals surface area contributed by atoms with Gasteiger partial charge in [0.1, 0.15) is 10.6 Å². The molecule has 2 amide bonds. The second-order valence-corrected chi connectivity index (χ2v) is 8.90. The topological polar surface area (TPSA) is 103 Å². The van der Waals surface area contributed by atoms with Crippen LogP contribution in [-0.2, 0) is 21.4 Å². The van der Waals surface area contributed by atoms with E-state index in [-0.39, 0.29) is 35.4 Å². The van der Waals surface area contributed by atoms with Gasteiger partial charge in [-0.3, -0.25) is 9.59 Å². The number of carbonyl (C=O) groups excluding carboxylic acids is 2. The predicted octanol–water partition coefficient (Wildman–Crippen LogP) is 1.58. The minimum Gasteiger partial charge on any atom is -0.356 e. The number of H-pyrrole nitrogens is 1. The van der Waals surface area contributed by atoms with Gasteiger partial charge in [-0.2, -0.15) is 0 Å². The molecule has 1 aromatic heterocycles. The van der Waals surface area contributed by atoms with Crippen LogP contribution in [0, 0.1) is 0 Å². The van der Waals surface area contributed by atoms with Crippen molar-refractivity contribution in [1.82, 2.24) is 19.5 Å². The van der Waals surface area contributed by atoms with Gasteiger partial charge in [0, 0.05) is 45.8 Å². The summed E-state index contributed by atoms with van der Waals surface area (Å²) in [5.41, 5.74) is 1.26. The van der Waals surface area contributed by atoms with Crippen molar-refractivity contribution in [3.05, 3.63) is 53.9 Å². The first-order chi connectivity index (χ1) is 13.9. The maximum atomic E-state index is 12.5. The molecule has 2 heterocycles. The molecule has 1 fully saturated rings. The summed E-state index contributed by atoms with van der Waals surface area (Å²) < 4.78 is 27.3. The van der Waals surface area contributed by atoms with Gasteiger partial charge in [-0.1, -0.05) is 30.3 Å². The first-order valence-electron chi connectivity index (χ1n) is 9.62. The summed E-state index contributed by atoms with van der Waals surface area (Å²) in [6, 6.07) is 10.9. The van der Waals surface area contributed by atoms with E-state index in [4.69, 9.17) is 0 Å². The summed E-state index contributed by atoms with van der Waals surface area (Å²) in [7, 11) is -2.11. The summed E-state index contributed by atoms with van der Waals surface area (Å²) in [4.78, 5) is 30.6. The molecule has 9 heteroatoms. The largest absolute Gasteiger partial charge is 0.356 e. The highest BCUT2D eigenvalue weighted by molar-refractivity contribution is 7.89. The highest BCUT2D eigenvalue weighted by Gasteiger charge is 2.23. The van der Waals surface area contributed by atoms with Gasteiger partial charge < -0.3 is 14.8 Å². The number of aromatic nitrogens is 1. The quantitative estimate of drug-likeness (QED) is 0.679. The van der Waals surface area contributed by atoms with Crippen molar-refractivity contribution >= 4 is 21.8 Å². The SMILES string of the molecule is CN(Cc1ccccc1)C(=O)CCNS(=O)(=O)c1c[nH]c(C(=O)N2CCCC2)c1. The number of amides is 2. The summed E-state index contributed by atoms with van der Waals surface area (Å²) in [6.07, 6.45) is 3.28. The molecule has 0 saturated carbocycles. The minimum atomic E-state index is -3.80. The zero-order chi connectivity index (χ0) is 20.9. The first-order valence-corrected chi connectivity index (χ1v) is 11.1. The van der Waals surface area contributed by atoms with Crippen molar-refractivity contribution in [2.45, 2.75) is 30.7 Å². The number of rotatable bonds is 8. The van der Waals surface area contributed by atoms with Crippen molar-refractivity contribution in [2.24, 2.45) is 0 Å². The molecule has 2 N–H and O–H groups in total. The molecular weight excluding hydrogens is 392 g/mol. The monoisotopic (exact) mass is 418 g/mol. The van der Waals surface area contributed by atoms with Crippen LogP contribution >= 0.6 is 0 Å². The van der Waals surface area contributed by atoms with Gasteiger partial charge in [0.15, 0.2) is 0 Å². The zero-order valence-corrected chi connectivity index (χ0v) is 17.2. The molecule has 1 aliphatic heterocycles. The number of hydrogen-bond acceptors (Lipinski definition) is 4. The summed E-state index contributed by atoms with van der Waals surface area (Å²) in [5, 5.41) is 0. The third-order valence-corrected chi connectivity index (χ3v) is 6.35. The highest BCUT2D eigenvalue weighted by atomic mass is 32.2. The lowest BCUT2D eigenvalue weighted by Gasteiger charge is -2.17. The summed E-state index contributed by atoms with van der Waals surface area (Å²) in [6.45, 7) is 1.83. The van der Waals surface area contributed by atoms with Crippen LogP contribution in [0.15, 0.2) is 47.5 Å². The summed E-state index contributed by atoms with van der Waals surface area (Å²) >= 11 is 0. The fraction of sp³-hybridized carbons (Fsp3) is 0.400. The Balaban J connectivity index is 1.51. The van der Waals surface area contributed by atoms with Crippen LogP contribution in [0.4, 0.5) is 0 Å². The van der Waals surface area contributed by atoms with E-state index in [0.29, 0.717) is 19.6 Å². The molecule has 1 aliphatic rings. The van der Waals surface area contributed by atoms with Gasteiger partial charge >= 0.3 is 0 Å². The lowest BCUT2D eigenvalue weighted by Crippen LogP contribution is -2.31. The van der Waals surface area contributed by atoms with E-state index in [9.17, 15) is 18.0 Å². The molecule has 29 heavy (non-hydrogen) atoms.